The van der Waals surface area contributed by atoms with Crippen molar-refractivity contribution in [2.45, 2.75) is 25.9 Å². The third kappa shape index (κ3) is 4.48. The van der Waals surface area contributed by atoms with E-state index in [9.17, 15) is 4.39 Å². The Hall–Kier alpha value is -1.13. The molecular weight excluding hydrogens is 464 g/mol. The van der Waals surface area contributed by atoms with E-state index in [1.807, 2.05) is 7.05 Å². The zero-order valence-electron chi connectivity index (χ0n) is 15.6. The van der Waals surface area contributed by atoms with Crippen molar-refractivity contribution in [1.29, 1.82) is 0 Å². The minimum atomic E-state index is -0.250. The minimum absolute atomic E-state index is 0. The Kier molecular flexibility index (Phi) is 6.80. The highest BCUT2D eigenvalue weighted by molar-refractivity contribution is 14.0. The standard InChI is InChI=1S/C19H26FN3O3.HI/c1-21-18(23-6-3-19(11-23)4-7-24-12-19)22-5-2-14-8-16(20)9-15-10-25-13-26-17(14)15;/h8-9H,2-7,10-13H2,1H3,(H,21,22);1H. The molecule has 4 rings (SSSR count). The first-order valence-electron chi connectivity index (χ1n) is 9.24. The number of nitrogens with zero attached hydrogens (tertiary/aromatic N) is 2. The van der Waals surface area contributed by atoms with Crippen molar-refractivity contribution in [2.24, 2.45) is 10.4 Å². The number of benzene rings is 1. The van der Waals surface area contributed by atoms with Gasteiger partial charge in [-0.25, -0.2) is 4.39 Å². The first-order chi connectivity index (χ1) is 12.7. The van der Waals surface area contributed by atoms with E-state index >= 15 is 0 Å². The minimum Gasteiger partial charge on any atom is -0.467 e. The second-order valence-corrected chi connectivity index (χ2v) is 7.36. The van der Waals surface area contributed by atoms with Gasteiger partial charge in [0, 0.05) is 44.3 Å². The Bertz CT molecular complexity index is 695. The molecule has 0 amide bonds. The Morgan fingerprint density at radius 3 is 3.00 bits per heavy atom. The molecule has 0 radical (unpaired) electrons. The largest absolute Gasteiger partial charge is 0.467 e. The number of halogens is 2. The molecule has 3 heterocycles. The molecule has 1 atom stereocenters. The van der Waals surface area contributed by atoms with Gasteiger partial charge in [-0.1, -0.05) is 0 Å². The molecule has 1 aromatic carbocycles. The normalized spacial score (nSPS) is 24.5. The maximum absolute atomic E-state index is 13.8. The van der Waals surface area contributed by atoms with Crippen molar-refractivity contribution < 1.29 is 18.6 Å². The highest BCUT2D eigenvalue weighted by Gasteiger charge is 2.42. The number of rotatable bonds is 3. The molecule has 0 saturated carbocycles. The summed E-state index contributed by atoms with van der Waals surface area (Å²) in [5.74, 6) is 1.42. The van der Waals surface area contributed by atoms with Gasteiger partial charge in [-0.3, -0.25) is 4.99 Å². The van der Waals surface area contributed by atoms with Crippen LogP contribution in [0, 0.1) is 11.2 Å². The van der Waals surface area contributed by atoms with Crippen LogP contribution in [0.15, 0.2) is 17.1 Å². The Morgan fingerprint density at radius 2 is 2.22 bits per heavy atom. The molecule has 2 saturated heterocycles. The highest BCUT2D eigenvalue weighted by atomic mass is 127. The van der Waals surface area contributed by atoms with Crippen LogP contribution in [0.2, 0.25) is 0 Å². The molecule has 1 N–H and O–H groups in total. The van der Waals surface area contributed by atoms with Gasteiger partial charge >= 0.3 is 0 Å². The Labute approximate surface area is 176 Å². The summed E-state index contributed by atoms with van der Waals surface area (Å²) < 4.78 is 30.3. The van der Waals surface area contributed by atoms with Crippen molar-refractivity contribution in [3.63, 3.8) is 0 Å². The van der Waals surface area contributed by atoms with Crippen molar-refractivity contribution in [3.05, 3.63) is 29.1 Å². The van der Waals surface area contributed by atoms with E-state index in [0.717, 1.165) is 62.0 Å². The number of ether oxygens (including phenoxy) is 3. The zero-order valence-corrected chi connectivity index (χ0v) is 18.0. The van der Waals surface area contributed by atoms with Crippen molar-refractivity contribution >= 4 is 29.9 Å². The Balaban J connectivity index is 0.00000210. The van der Waals surface area contributed by atoms with E-state index in [1.54, 1.807) is 6.07 Å². The van der Waals surface area contributed by atoms with Gasteiger partial charge in [0.05, 0.1) is 13.2 Å². The van der Waals surface area contributed by atoms with Crippen LogP contribution in [0.1, 0.15) is 24.0 Å². The van der Waals surface area contributed by atoms with Crippen molar-refractivity contribution in [1.82, 2.24) is 10.2 Å². The summed E-state index contributed by atoms with van der Waals surface area (Å²) in [7, 11) is 1.81. The van der Waals surface area contributed by atoms with Crippen LogP contribution in [0.3, 0.4) is 0 Å². The predicted octanol–water partition coefficient (Wildman–Crippen LogP) is 2.54. The monoisotopic (exact) mass is 491 g/mol. The lowest BCUT2D eigenvalue weighted by molar-refractivity contribution is -0.0172. The van der Waals surface area contributed by atoms with Crippen molar-refractivity contribution in [2.75, 3.05) is 46.7 Å². The number of hydrogen-bond donors (Lipinski definition) is 1. The molecule has 1 unspecified atom stereocenters. The predicted molar refractivity (Wildman–Crippen MR) is 111 cm³/mol. The van der Waals surface area contributed by atoms with Gasteiger partial charge in [0.2, 0.25) is 0 Å². The molecule has 6 nitrogen and oxygen atoms in total. The topological polar surface area (TPSA) is 55.3 Å². The van der Waals surface area contributed by atoms with Gasteiger partial charge in [-0.05, 0) is 37.0 Å². The molecule has 3 aliphatic rings. The summed E-state index contributed by atoms with van der Waals surface area (Å²) in [5, 5.41) is 3.42. The van der Waals surface area contributed by atoms with E-state index in [0.29, 0.717) is 25.0 Å². The lowest BCUT2D eigenvalue weighted by Gasteiger charge is -2.25. The second kappa shape index (κ2) is 8.91. The van der Waals surface area contributed by atoms with Crippen molar-refractivity contribution in [3.8, 4) is 5.75 Å². The third-order valence-corrected chi connectivity index (χ3v) is 5.56. The summed E-state index contributed by atoms with van der Waals surface area (Å²) in [6.07, 6.45) is 2.95. The SMILES string of the molecule is CN=C(NCCc1cc(F)cc2c1OCOC2)N1CCC2(CCOC2)C1.I. The molecule has 150 valence electrons. The fraction of sp³-hybridized carbons (Fsp3) is 0.632. The summed E-state index contributed by atoms with van der Waals surface area (Å²) in [6, 6.07) is 3.03. The van der Waals surface area contributed by atoms with E-state index in [1.165, 1.54) is 6.07 Å². The maximum Gasteiger partial charge on any atom is 0.193 e. The number of likely N-dealkylation sites (tertiary alicyclic amines) is 1. The lowest BCUT2D eigenvalue weighted by atomic mass is 9.87. The van der Waals surface area contributed by atoms with Gasteiger partial charge < -0.3 is 24.4 Å². The van der Waals surface area contributed by atoms with Gasteiger partial charge in [0.1, 0.15) is 11.6 Å². The lowest BCUT2D eigenvalue weighted by Crippen LogP contribution is -2.42. The number of hydrogen-bond acceptors (Lipinski definition) is 4. The molecule has 1 aromatic rings. The smallest absolute Gasteiger partial charge is 0.193 e. The molecule has 3 aliphatic heterocycles. The summed E-state index contributed by atoms with van der Waals surface area (Å²) in [6.45, 7) is 5.00. The molecule has 8 heteroatoms. The van der Waals surface area contributed by atoms with E-state index in [2.05, 4.69) is 15.2 Å². The van der Waals surface area contributed by atoms with Gasteiger partial charge in [0.15, 0.2) is 12.8 Å². The number of aliphatic imine (C=N–C) groups is 1. The van der Waals surface area contributed by atoms with Gasteiger partial charge in [-0.2, -0.15) is 0 Å². The maximum atomic E-state index is 13.8. The Morgan fingerprint density at radius 1 is 1.33 bits per heavy atom. The average molecular weight is 491 g/mol. The van der Waals surface area contributed by atoms with E-state index in [-0.39, 0.29) is 36.6 Å². The van der Waals surface area contributed by atoms with Crippen LogP contribution in [-0.2, 0) is 22.5 Å². The first kappa shape index (κ1) is 20.6. The molecule has 0 aromatic heterocycles. The van der Waals surface area contributed by atoms with Crippen LogP contribution >= 0.6 is 24.0 Å². The molecule has 1 spiro atoms. The molecule has 0 aliphatic carbocycles. The van der Waals surface area contributed by atoms with Crippen LogP contribution in [-0.4, -0.2) is 57.5 Å². The summed E-state index contributed by atoms with van der Waals surface area (Å²) in [4.78, 5) is 6.73. The highest BCUT2D eigenvalue weighted by Crippen LogP contribution is 2.38. The van der Waals surface area contributed by atoms with Crippen LogP contribution < -0.4 is 10.1 Å². The number of fused-ring (bicyclic) bond motifs is 1. The zero-order chi connectivity index (χ0) is 18.0. The van der Waals surface area contributed by atoms with Crippen LogP contribution in [0.5, 0.6) is 5.75 Å². The summed E-state index contributed by atoms with van der Waals surface area (Å²) in [5.41, 5.74) is 1.94. The molecule has 27 heavy (non-hydrogen) atoms. The third-order valence-electron chi connectivity index (χ3n) is 5.56. The van der Waals surface area contributed by atoms with E-state index in [4.69, 9.17) is 14.2 Å². The van der Waals surface area contributed by atoms with Crippen LogP contribution in [0.25, 0.3) is 0 Å². The summed E-state index contributed by atoms with van der Waals surface area (Å²) >= 11 is 0. The van der Waals surface area contributed by atoms with Crippen LogP contribution in [0.4, 0.5) is 4.39 Å². The molecule has 2 fully saturated rings. The fourth-order valence-corrected chi connectivity index (χ4v) is 4.17. The molecule has 0 bridgehead atoms. The second-order valence-electron chi connectivity index (χ2n) is 7.36. The van der Waals surface area contributed by atoms with Gasteiger partial charge in [-0.15, -0.1) is 24.0 Å². The first-order valence-corrected chi connectivity index (χ1v) is 9.24. The molecular formula is C19H27FIN3O3. The number of nitrogens with one attached hydrogen (secondary N) is 1. The van der Waals surface area contributed by atoms with Gasteiger partial charge in [0.25, 0.3) is 0 Å². The quantitative estimate of drug-likeness (QED) is 0.400. The van der Waals surface area contributed by atoms with E-state index < -0.39 is 0 Å². The fourth-order valence-electron chi connectivity index (χ4n) is 4.17. The average Bonchev–Trinajstić information content (AvgIpc) is 3.28. The number of guanidine groups is 1.